The summed E-state index contributed by atoms with van der Waals surface area (Å²) in [5, 5.41) is 2.63. The number of rotatable bonds is 4. The Hall–Kier alpha value is -1.46. The number of thiazole rings is 1. The molecule has 0 bridgehead atoms. The summed E-state index contributed by atoms with van der Waals surface area (Å²) in [6.07, 6.45) is 0. The van der Waals surface area contributed by atoms with Crippen molar-refractivity contribution in [2.45, 2.75) is 19.9 Å². The van der Waals surface area contributed by atoms with Crippen LogP contribution in [0.15, 0.2) is 23.6 Å². The number of nitrogens with zero attached hydrogens (tertiary/aromatic N) is 1. The highest BCUT2D eigenvalue weighted by molar-refractivity contribution is 7.10. The van der Waals surface area contributed by atoms with E-state index in [0.717, 1.165) is 5.01 Å². The number of hydrogen-bond acceptors (Lipinski definition) is 4. The molecule has 2 aromatic rings. The van der Waals surface area contributed by atoms with Gasteiger partial charge in [-0.2, -0.15) is 0 Å². The fraction of sp³-hybridized carbons (Fsp3) is 0.357. The van der Waals surface area contributed by atoms with Gasteiger partial charge in [-0.05, 0) is 18.1 Å². The maximum atomic E-state index is 13.9. The number of benzene rings is 1. The third-order valence-corrected chi connectivity index (χ3v) is 3.92. The van der Waals surface area contributed by atoms with Crippen LogP contribution in [0, 0.1) is 11.7 Å². The third-order valence-electron chi connectivity index (χ3n) is 2.98. The van der Waals surface area contributed by atoms with E-state index >= 15 is 0 Å². The molecule has 1 aromatic carbocycles. The van der Waals surface area contributed by atoms with Crippen molar-refractivity contribution in [3.63, 3.8) is 0 Å². The molecule has 1 unspecified atom stereocenters. The predicted octanol–water partition coefficient (Wildman–Crippen LogP) is 3.61. The first kappa shape index (κ1) is 14.0. The molecule has 102 valence electrons. The van der Waals surface area contributed by atoms with Gasteiger partial charge in [-0.3, -0.25) is 0 Å². The van der Waals surface area contributed by atoms with E-state index in [1.165, 1.54) is 24.5 Å². The Morgan fingerprint density at radius 3 is 2.74 bits per heavy atom. The number of aromatic nitrogens is 1. The summed E-state index contributed by atoms with van der Waals surface area (Å²) in [5.74, 6) is 0.436. The van der Waals surface area contributed by atoms with Crippen molar-refractivity contribution in [3.05, 3.63) is 34.4 Å². The van der Waals surface area contributed by atoms with E-state index in [9.17, 15) is 4.39 Å². The lowest BCUT2D eigenvalue weighted by atomic mass is 10.1. The Labute approximate surface area is 116 Å². The van der Waals surface area contributed by atoms with Crippen LogP contribution in [0.4, 0.5) is 4.39 Å². The van der Waals surface area contributed by atoms with E-state index < -0.39 is 0 Å². The molecule has 0 fully saturated rings. The van der Waals surface area contributed by atoms with Gasteiger partial charge in [0.25, 0.3) is 0 Å². The lowest BCUT2D eigenvalue weighted by molar-refractivity contribution is 0.413. The third kappa shape index (κ3) is 2.77. The molecular formula is C14H17FN2OS. The van der Waals surface area contributed by atoms with Crippen LogP contribution < -0.4 is 10.5 Å². The monoisotopic (exact) mass is 280 g/mol. The number of nitrogens with two attached hydrogens (primary N) is 1. The van der Waals surface area contributed by atoms with E-state index in [1.54, 1.807) is 12.1 Å². The molecule has 0 amide bonds. The van der Waals surface area contributed by atoms with Gasteiger partial charge >= 0.3 is 0 Å². The zero-order valence-corrected chi connectivity index (χ0v) is 12.0. The van der Waals surface area contributed by atoms with Crippen molar-refractivity contribution in [2.24, 2.45) is 11.7 Å². The summed E-state index contributed by atoms with van der Waals surface area (Å²) in [6.45, 7) is 4.07. The minimum Gasteiger partial charge on any atom is -0.496 e. The quantitative estimate of drug-likeness (QED) is 0.930. The molecule has 2 rings (SSSR count). The Morgan fingerprint density at radius 1 is 1.37 bits per heavy atom. The van der Waals surface area contributed by atoms with Gasteiger partial charge in [0, 0.05) is 5.38 Å². The second-order valence-corrected chi connectivity index (χ2v) is 5.55. The summed E-state index contributed by atoms with van der Waals surface area (Å²) >= 11 is 1.45. The largest absolute Gasteiger partial charge is 0.496 e. The highest BCUT2D eigenvalue weighted by Crippen LogP contribution is 2.34. The molecule has 0 saturated carbocycles. The minimum atomic E-state index is -0.339. The van der Waals surface area contributed by atoms with Gasteiger partial charge in [0.15, 0.2) is 0 Å². The van der Waals surface area contributed by atoms with Crippen LogP contribution in [0.3, 0.4) is 0 Å². The molecule has 0 spiro atoms. The van der Waals surface area contributed by atoms with Crippen LogP contribution in [-0.2, 0) is 0 Å². The Kier molecular flexibility index (Phi) is 4.17. The normalized spacial score (nSPS) is 12.7. The van der Waals surface area contributed by atoms with Crippen LogP contribution in [0.2, 0.25) is 0 Å². The topological polar surface area (TPSA) is 48.1 Å². The summed E-state index contributed by atoms with van der Waals surface area (Å²) in [6, 6.07) is 4.61. The van der Waals surface area contributed by atoms with Gasteiger partial charge < -0.3 is 10.5 Å². The maximum absolute atomic E-state index is 13.9. The number of ether oxygens (including phenoxy) is 1. The highest BCUT2D eigenvalue weighted by atomic mass is 32.1. The maximum Gasteiger partial charge on any atom is 0.136 e. The summed E-state index contributed by atoms with van der Waals surface area (Å²) < 4.78 is 19.1. The van der Waals surface area contributed by atoms with Crippen LogP contribution in [0.1, 0.15) is 24.9 Å². The van der Waals surface area contributed by atoms with E-state index in [-0.39, 0.29) is 11.9 Å². The summed E-state index contributed by atoms with van der Waals surface area (Å²) in [7, 11) is 1.52. The van der Waals surface area contributed by atoms with E-state index in [2.05, 4.69) is 4.98 Å². The lowest BCUT2D eigenvalue weighted by Gasteiger charge is -2.12. The van der Waals surface area contributed by atoms with Crippen LogP contribution in [0.25, 0.3) is 11.3 Å². The highest BCUT2D eigenvalue weighted by Gasteiger charge is 2.18. The first-order chi connectivity index (χ1) is 9.04. The van der Waals surface area contributed by atoms with Crippen molar-refractivity contribution < 1.29 is 9.13 Å². The SMILES string of the molecule is COc1cccc(F)c1-c1csc(C(N)C(C)C)n1. The molecule has 3 nitrogen and oxygen atoms in total. The van der Waals surface area contributed by atoms with Crippen LogP contribution in [0.5, 0.6) is 5.75 Å². The minimum absolute atomic E-state index is 0.128. The van der Waals surface area contributed by atoms with Gasteiger partial charge in [-0.1, -0.05) is 19.9 Å². The van der Waals surface area contributed by atoms with Crippen molar-refractivity contribution in [1.82, 2.24) is 4.98 Å². The molecule has 0 aliphatic heterocycles. The second-order valence-electron chi connectivity index (χ2n) is 4.66. The molecule has 1 aromatic heterocycles. The second kappa shape index (κ2) is 5.67. The van der Waals surface area contributed by atoms with Gasteiger partial charge in [0.05, 0.1) is 24.4 Å². The fourth-order valence-corrected chi connectivity index (χ4v) is 2.75. The molecule has 19 heavy (non-hydrogen) atoms. The van der Waals surface area contributed by atoms with Gasteiger partial charge in [-0.25, -0.2) is 9.37 Å². The molecule has 1 heterocycles. The molecule has 5 heteroatoms. The predicted molar refractivity (Wildman–Crippen MR) is 75.8 cm³/mol. The molecule has 0 saturated heterocycles. The van der Waals surface area contributed by atoms with E-state index in [4.69, 9.17) is 10.5 Å². The average Bonchev–Trinajstić information content (AvgIpc) is 2.86. The average molecular weight is 280 g/mol. The first-order valence-corrected chi connectivity index (χ1v) is 6.96. The zero-order chi connectivity index (χ0) is 14.0. The standard InChI is InChI=1S/C14H17FN2OS/c1-8(2)13(16)14-17-10(7-19-14)12-9(15)5-4-6-11(12)18-3/h4-8,13H,16H2,1-3H3. The Morgan fingerprint density at radius 2 is 2.11 bits per heavy atom. The fourth-order valence-electron chi connectivity index (χ4n) is 1.76. The Balaban J connectivity index is 2.44. The van der Waals surface area contributed by atoms with Gasteiger partial charge in [-0.15, -0.1) is 11.3 Å². The van der Waals surface area contributed by atoms with Crippen molar-refractivity contribution in [1.29, 1.82) is 0 Å². The lowest BCUT2D eigenvalue weighted by Crippen LogP contribution is -2.16. The van der Waals surface area contributed by atoms with Crippen molar-refractivity contribution in [3.8, 4) is 17.0 Å². The molecule has 1 atom stereocenters. The summed E-state index contributed by atoms with van der Waals surface area (Å²) in [5.41, 5.74) is 7.03. The Bertz CT molecular complexity index is 568. The molecule has 0 radical (unpaired) electrons. The van der Waals surface area contributed by atoms with Crippen LogP contribution >= 0.6 is 11.3 Å². The van der Waals surface area contributed by atoms with E-state index in [0.29, 0.717) is 22.9 Å². The van der Waals surface area contributed by atoms with E-state index in [1.807, 2.05) is 19.2 Å². The number of methoxy groups -OCH3 is 1. The van der Waals surface area contributed by atoms with Gasteiger partial charge in [0.1, 0.15) is 16.6 Å². The molecule has 0 aliphatic rings. The van der Waals surface area contributed by atoms with Gasteiger partial charge in [0.2, 0.25) is 0 Å². The number of hydrogen-bond donors (Lipinski definition) is 1. The molecular weight excluding hydrogens is 263 g/mol. The first-order valence-electron chi connectivity index (χ1n) is 6.08. The van der Waals surface area contributed by atoms with Crippen LogP contribution in [-0.4, -0.2) is 12.1 Å². The van der Waals surface area contributed by atoms with Crippen molar-refractivity contribution in [2.75, 3.05) is 7.11 Å². The van der Waals surface area contributed by atoms with Crippen molar-refractivity contribution >= 4 is 11.3 Å². The number of halogens is 1. The zero-order valence-electron chi connectivity index (χ0n) is 11.2. The molecule has 2 N–H and O–H groups in total. The molecule has 0 aliphatic carbocycles. The summed E-state index contributed by atoms with van der Waals surface area (Å²) in [4.78, 5) is 4.44. The smallest absolute Gasteiger partial charge is 0.136 e.